The van der Waals surface area contributed by atoms with Crippen LogP contribution in [0.4, 0.5) is 5.82 Å². The molecule has 0 aliphatic carbocycles. The molecule has 16 heavy (non-hydrogen) atoms. The molecular weight excluding hydrogens is 202 g/mol. The zero-order valence-electron chi connectivity index (χ0n) is 10.4. The first-order valence-electron chi connectivity index (χ1n) is 5.87. The Hall–Kier alpha value is -1.16. The van der Waals surface area contributed by atoms with Gasteiger partial charge in [0, 0.05) is 18.9 Å². The Labute approximate surface area is 97.2 Å². The van der Waals surface area contributed by atoms with E-state index in [2.05, 4.69) is 23.8 Å². The fourth-order valence-corrected chi connectivity index (χ4v) is 1.68. The fraction of sp³-hybridized carbons (Fsp3) is 0.667. The van der Waals surface area contributed by atoms with Gasteiger partial charge in [-0.15, -0.1) is 0 Å². The minimum absolute atomic E-state index is 0.0379. The maximum absolute atomic E-state index is 5.77. The largest absolute Gasteiger partial charge is 0.384 e. The highest BCUT2D eigenvalue weighted by molar-refractivity contribution is 5.30. The van der Waals surface area contributed by atoms with Crippen molar-refractivity contribution in [3.05, 3.63) is 17.6 Å². The molecule has 1 unspecified atom stereocenters. The first kappa shape index (κ1) is 12.9. The highest BCUT2D eigenvalue weighted by Crippen LogP contribution is 2.20. The number of nitrogens with two attached hydrogens (primary N) is 1. The van der Waals surface area contributed by atoms with Gasteiger partial charge in [0.25, 0.3) is 0 Å². The van der Waals surface area contributed by atoms with Gasteiger partial charge < -0.3 is 10.5 Å². The lowest BCUT2D eigenvalue weighted by molar-refractivity contribution is 0.0875. The van der Waals surface area contributed by atoms with Crippen LogP contribution in [-0.4, -0.2) is 17.1 Å². The summed E-state index contributed by atoms with van der Waals surface area (Å²) in [7, 11) is 1.69. The van der Waals surface area contributed by atoms with Crippen molar-refractivity contribution in [3.63, 3.8) is 0 Å². The smallest absolute Gasteiger partial charge is 0.159 e. The van der Waals surface area contributed by atoms with Crippen molar-refractivity contribution in [1.82, 2.24) is 9.97 Å². The van der Waals surface area contributed by atoms with E-state index in [0.29, 0.717) is 11.6 Å². The van der Waals surface area contributed by atoms with Gasteiger partial charge in [-0.05, 0) is 12.8 Å². The molecule has 0 aromatic carbocycles. The van der Waals surface area contributed by atoms with Gasteiger partial charge in [0.2, 0.25) is 0 Å². The van der Waals surface area contributed by atoms with Crippen LogP contribution in [0.25, 0.3) is 0 Å². The zero-order valence-corrected chi connectivity index (χ0v) is 10.4. The maximum atomic E-state index is 5.77. The summed E-state index contributed by atoms with van der Waals surface area (Å²) in [4.78, 5) is 8.74. The first-order valence-corrected chi connectivity index (χ1v) is 5.87. The first-order chi connectivity index (χ1) is 7.71. The molecule has 0 bridgehead atoms. The molecule has 0 aliphatic heterocycles. The lowest BCUT2D eigenvalue weighted by Gasteiger charge is -2.14. The summed E-state index contributed by atoms with van der Waals surface area (Å²) in [5, 5.41) is 0. The van der Waals surface area contributed by atoms with E-state index in [9.17, 15) is 0 Å². The molecule has 0 radical (unpaired) electrons. The summed E-state index contributed by atoms with van der Waals surface area (Å²) in [6.07, 6.45) is 3.92. The third-order valence-electron chi connectivity index (χ3n) is 2.45. The number of hydrogen-bond donors (Lipinski definition) is 1. The molecular formula is C12H21N3O. The summed E-state index contributed by atoms with van der Waals surface area (Å²) in [6.45, 7) is 4.24. The number of methoxy groups -OCH3 is 1. The number of hydrogen-bond acceptors (Lipinski definition) is 4. The number of ether oxygens (including phenoxy) is 1. The summed E-state index contributed by atoms with van der Waals surface area (Å²) < 4.78 is 5.38. The molecule has 1 aromatic heterocycles. The molecule has 0 saturated heterocycles. The van der Waals surface area contributed by atoms with E-state index in [0.717, 1.165) is 31.4 Å². The Morgan fingerprint density at radius 1 is 1.31 bits per heavy atom. The van der Waals surface area contributed by atoms with Gasteiger partial charge in [-0.2, -0.15) is 0 Å². The minimum atomic E-state index is -0.0379. The van der Waals surface area contributed by atoms with E-state index in [1.54, 1.807) is 7.11 Å². The van der Waals surface area contributed by atoms with Crippen LogP contribution in [0.2, 0.25) is 0 Å². The predicted octanol–water partition coefficient (Wildman–Crippen LogP) is 2.50. The third kappa shape index (κ3) is 3.45. The van der Waals surface area contributed by atoms with Crippen molar-refractivity contribution in [3.8, 4) is 0 Å². The second kappa shape index (κ2) is 6.43. The van der Waals surface area contributed by atoms with Crippen LogP contribution in [0.3, 0.4) is 0 Å². The van der Waals surface area contributed by atoms with E-state index in [4.69, 9.17) is 10.5 Å². The van der Waals surface area contributed by atoms with E-state index in [1.807, 2.05) is 6.07 Å². The molecule has 0 amide bonds. The molecule has 0 fully saturated rings. The monoisotopic (exact) mass is 223 g/mol. The Morgan fingerprint density at radius 3 is 2.62 bits per heavy atom. The molecule has 1 heterocycles. The van der Waals surface area contributed by atoms with E-state index in [1.165, 1.54) is 0 Å². The van der Waals surface area contributed by atoms with E-state index < -0.39 is 0 Å². The maximum Gasteiger partial charge on any atom is 0.159 e. The average Bonchev–Trinajstić information content (AvgIpc) is 2.25. The van der Waals surface area contributed by atoms with Gasteiger partial charge in [0.1, 0.15) is 11.9 Å². The summed E-state index contributed by atoms with van der Waals surface area (Å²) >= 11 is 0. The van der Waals surface area contributed by atoms with Gasteiger partial charge in [0.05, 0.1) is 0 Å². The molecule has 1 atom stereocenters. The van der Waals surface area contributed by atoms with Crippen LogP contribution in [0.1, 0.15) is 50.7 Å². The van der Waals surface area contributed by atoms with Crippen LogP contribution in [-0.2, 0) is 11.2 Å². The average molecular weight is 223 g/mol. The number of rotatable bonds is 6. The zero-order chi connectivity index (χ0) is 12.0. The van der Waals surface area contributed by atoms with Crippen molar-refractivity contribution < 1.29 is 4.74 Å². The van der Waals surface area contributed by atoms with Crippen LogP contribution >= 0.6 is 0 Å². The number of anilines is 1. The van der Waals surface area contributed by atoms with Crippen molar-refractivity contribution >= 4 is 5.82 Å². The van der Waals surface area contributed by atoms with Crippen LogP contribution in [0, 0.1) is 0 Å². The SMILES string of the molecule is CCCc1cc(N)nc(C(CCC)OC)n1. The molecule has 0 spiro atoms. The summed E-state index contributed by atoms with van der Waals surface area (Å²) in [5.74, 6) is 1.25. The van der Waals surface area contributed by atoms with Gasteiger partial charge in [-0.1, -0.05) is 26.7 Å². The summed E-state index contributed by atoms with van der Waals surface area (Å²) in [5.41, 5.74) is 6.77. The van der Waals surface area contributed by atoms with E-state index >= 15 is 0 Å². The van der Waals surface area contributed by atoms with Gasteiger partial charge in [-0.3, -0.25) is 0 Å². The van der Waals surface area contributed by atoms with Crippen LogP contribution in [0.15, 0.2) is 6.07 Å². The van der Waals surface area contributed by atoms with Crippen molar-refractivity contribution in [2.24, 2.45) is 0 Å². The molecule has 1 aromatic rings. The predicted molar refractivity (Wildman–Crippen MR) is 65.1 cm³/mol. The second-order valence-electron chi connectivity index (χ2n) is 3.91. The molecule has 4 heteroatoms. The standard InChI is InChI=1S/C12H21N3O/c1-4-6-9-8-11(13)15-12(14-9)10(16-3)7-5-2/h8,10H,4-7H2,1-3H3,(H2,13,14,15). The van der Waals surface area contributed by atoms with Gasteiger partial charge >= 0.3 is 0 Å². The molecule has 90 valence electrons. The summed E-state index contributed by atoms with van der Waals surface area (Å²) in [6, 6.07) is 1.84. The molecule has 2 N–H and O–H groups in total. The highest BCUT2D eigenvalue weighted by atomic mass is 16.5. The Morgan fingerprint density at radius 2 is 2.06 bits per heavy atom. The Kier molecular flexibility index (Phi) is 5.19. The fourth-order valence-electron chi connectivity index (χ4n) is 1.68. The third-order valence-corrected chi connectivity index (χ3v) is 2.45. The van der Waals surface area contributed by atoms with Crippen LogP contribution in [0.5, 0.6) is 0 Å². The molecule has 0 aliphatic rings. The molecule has 0 saturated carbocycles. The Bertz CT molecular complexity index is 328. The Balaban J connectivity index is 2.92. The van der Waals surface area contributed by atoms with Gasteiger partial charge in [-0.25, -0.2) is 9.97 Å². The van der Waals surface area contributed by atoms with Crippen molar-refractivity contribution in [2.75, 3.05) is 12.8 Å². The second-order valence-corrected chi connectivity index (χ2v) is 3.91. The number of nitrogens with zero attached hydrogens (tertiary/aromatic N) is 2. The topological polar surface area (TPSA) is 61.0 Å². The van der Waals surface area contributed by atoms with Gasteiger partial charge in [0.15, 0.2) is 5.82 Å². The number of nitrogen functional groups attached to an aromatic ring is 1. The van der Waals surface area contributed by atoms with Crippen molar-refractivity contribution in [2.45, 2.75) is 45.6 Å². The normalized spacial score (nSPS) is 12.7. The number of aryl methyl sites for hydroxylation is 1. The van der Waals surface area contributed by atoms with E-state index in [-0.39, 0.29) is 6.10 Å². The van der Waals surface area contributed by atoms with Crippen LogP contribution < -0.4 is 5.73 Å². The lowest BCUT2D eigenvalue weighted by Crippen LogP contribution is -2.10. The lowest BCUT2D eigenvalue weighted by atomic mass is 10.2. The highest BCUT2D eigenvalue weighted by Gasteiger charge is 2.14. The molecule has 1 rings (SSSR count). The quantitative estimate of drug-likeness (QED) is 0.805. The molecule has 4 nitrogen and oxygen atoms in total. The minimum Gasteiger partial charge on any atom is -0.384 e. The van der Waals surface area contributed by atoms with Crippen molar-refractivity contribution in [1.29, 1.82) is 0 Å². The number of aromatic nitrogens is 2.